The zero-order chi connectivity index (χ0) is 8.10. The second kappa shape index (κ2) is 4.12. The Morgan fingerprint density at radius 1 is 1.36 bits per heavy atom. The molecule has 0 saturated carbocycles. The SMILES string of the molecule is FC(F)C#CC1=CCCCC1. The molecule has 0 aromatic carbocycles. The lowest BCUT2D eigenvalue weighted by Crippen LogP contribution is -1.90. The van der Waals surface area contributed by atoms with Crippen molar-refractivity contribution in [2.75, 3.05) is 0 Å². The summed E-state index contributed by atoms with van der Waals surface area (Å²) >= 11 is 0. The Bertz CT molecular complexity index is 205. The molecule has 0 aromatic rings. The summed E-state index contributed by atoms with van der Waals surface area (Å²) in [6, 6.07) is 0. The smallest absolute Gasteiger partial charge is 0.196 e. The summed E-state index contributed by atoms with van der Waals surface area (Å²) in [7, 11) is 0. The first-order valence-corrected chi connectivity index (χ1v) is 3.78. The van der Waals surface area contributed by atoms with E-state index < -0.39 is 6.43 Å². The molecule has 0 heterocycles. The van der Waals surface area contributed by atoms with Crippen molar-refractivity contribution in [1.29, 1.82) is 0 Å². The first-order chi connectivity index (χ1) is 5.29. The molecule has 0 fully saturated rings. The summed E-state index contributed by atoms with van der Waals surface area (Å²) in [5, 5.41) is 0. The van der Waals surface area contributed by atoms with Crippen molar-refractivity contribution in [2.45, 2.75) is 32.1 Å². The van der Waals surface area contributed by atoms with E-state index in [1.165, 1.54) is 6.42 Å². The van der Waals surface area contributed by atoms with Crippen LogP contribution in [0.2, 0.25) is 0 Å². The van der Waals surface area contributed by atoms with E-state index in [1.807, 2.05) is 12.0 Å². The van der Waals surface area contributed by atoms with Crippen LogP contribution in [0.4, 0.5) is 8.78 Å². The van der Waals surface area contributed by atoms with Gasteiger partial charge in [0.25, 0.3) is 6.43 Å². The van der Waals surface area contributed by atoms with Crippen LogP contribution >= 0.6 is 0 Å². The molecule has 11 heavy (non-hydrogen) atoms. The molecule has 0 saturated heterocycles. The third kappa shape index (κ3) is 3.18. The molecule has 0 aromatic heterocycles. The molecular formula is C9H10F2. The first kappa shape index (κ1) is 8.26. The highest BCUT2D eigenvalue weighted by Gasteiger charge is 2.00. The summed E-state index contributed by atoms with van der Waals surface area (Å²) < 4.78 is 23.2. The van der Waals surface area contributed by atoms with Crippen molar-refractivity contribution in [3.05, 3.63) is 11.6 Å². The van der Waals surface area contributed by atoms with Crippen molar-refractivity contribution < 1.29 is 8.78 Å². The maximum atomic E-state index is 11.6. The van der Waals surface area contributed by atoms with Gasteiger partial charge in [-0.25, -0.2) is 0 Å². The maximum Gasteiger partial charge on any atom is 0.299 e. The van der Waals surface area contributed by atoms with Crippen molar-refractivity contribution in [1.82, 2.24) is 0 Å². The van der Waals surface area contributed by atoms with Crippen LogP contribution in [-0.4, -0.2) is 6.43 Å². The molecular weight excluding hydrogens is 146 g/mol. The molecule has 0 unspecified atom stereocenters. The predicted octanol–water partition coefficient (Wildman–Crippen LogP) is 2.76. The summed E-state index contributed by atoms with van der Waals surface area (Å²) in [5.41, 5.74) is 0.886. The number of halogens is 2. The fourth-order valence-corrected chi connectivity index (χ4v) is 1.10. The standard InChI is InChI=1S/C9H10F2/c10-9(11)7-6-8-4-2-1-3-5-8/h4,9H,1-3,5H2. The van der Waals surface area contributed by atoms with Crippen LogP contribution in [0.3, 0.4) is 0 Å². The Balaban J connectivity index is 2.49. The van der Waals surface area contributed by atoms with E-state index in [0.29, 0.717) is 0 Å². The van der Waals surface area contributed by atoms with Crippen molar-refractivity contribution >= 4 is 0 Å². The number of hydrogen-bond acceptors (Lipinski definition) is 0. The minimum absolute atomic E-state index is 0.875. The fourth-order valence-electron chi connectivity index (χ4n) is 1.10. The van der Waals surface area contributed by atoms with E-state index in [2.05, 4.69) is 5.92 Å². The molecule has 60 valence electrons. The highest BCUT2D eigenvalue weighted by Crippen LogP contribution is 2.16. The molecule has 0 nitrogen and oxygen atoms in total. The van der Waals surface area contributed by atoms with Gasteiger partial charge in [0.15, 0.2) is 0 Å². The van der Waals surface area contributed by atoms with E-state index in [0.717, 1.165) is 24.8 Å². The minimum Gasteiger partial charge on any atom is -0.196 e. The Morgan fingerprint density at radius 2 is 2.18 bits per heavy atom. The third-order valence-corrected chi connectivity index (χ3v) is 1.63. The van der Waals surface area contributed by atoms with Crippen molar-refractivity contribution in [3.63, 3.8) is 0 Å². The van der Waals surface area contributed by atoms with E-state index in [4.69, 9.17) is 0 Å². The van der Waals surface area contributed by atoms with Gasteiger partial charge >= 0.3 is 0 Å². The van der Waals surface area contributed by atoms with Gasteiger partial charge in [-0.2, -0.15) is 8.78 Å². The quantitative estimate of drug-likeness (QED) is 0.473. The molecule has 1 aliphatic carbocycles. The van der Waals surface area contributed by atoms with Gasteiger partial charge in [-0.1, -0.05) is 12.0 Å². The Labute approximate surface area is 65.3 Å². The molecule has 0 aliphatic heterocycles. The third-order valence-electron chi connectivity index (χ3n) is 1.63. The number of hydrogen-bond donors (Lipinski definition) is 0. The van der Waals surface area contributed by atoms with Crippen molar-refractivity contribution in [2.24, 2.45) is 0 Å². The van der Waals surface area contributed by atoms with Gasteiger partial charge in [0.05, 0.1) is 0 Å². The van der Waals surface area contributed by atoms with Gasteiger partial charge in [-0.3, -0.25) is 0 Å². The first-order valence-electron chi connectivity index (χ1n) is 3.78. The Hall–Kier alpha value is -0.840. The second-order valence-corrected chi connectivity index (χ2v) is 2.55. The zero-order valence-corrected chi connectivity index (χ0v) is 6.24. The number of allylic oxidation sites excluding steroid dienone is 2. The average Bonchev–Trinajstić information content (AvgIpc) is 2.03. The molecule has 1 rings (SSSR count). The van der Waals surface area contributed by atoms with Crippen molar-refractivity contribution in [3.8, 4) is 11.8 Å². The van der Waals surface area contributed by atoms with Crippen LogP contribution in [0.5, 0.6) is 0 Å². The molecule has 0 radical (unpaired) electrons. The predicted molar refractivity (Wildman–Crippen MR) is 40.3 cm³/mol. The highest BCUT2D eigenvalue weighted by atomic mass is 19.3. The van der Waals surface area contributed by atoms with Gasteiger partial charge in [0.2, 0.25) is 0 Å². The van der Waals surface area contributed by atoms with E-state index in [9.17, 15) is 8.78 Å². The summed E-state index contributed by atoms with van der Waals surface area (Å²) in [6.07, 6.45) is 3.59. The summed E-state index contributed by atoms with van der Waals surface area (Å²) in [4.78, 5) is 0. The number of alkyl halides is 2. The monoisotopic (exact) mass is 156 g/mol. The molecule has 0 N–H and O–H groups in total. The van der Waals surface area contributed by atoms with Gasteiger partial charge in [-0.05, 0) is 37.2 Å². The minimum atomic E-state index is -2.49. The lowest BCUT2D eigenvalue weighted by Gasteiger charge is -2.05. The lowest BCUT2D eigenvalue weighted by molar-refractivity contribution is 0.215. The van der Waals surface area contributed by atoms with Gasteiger partial charge in [0.1, 0.15) is 0 Å². The molecule has 0 amide bonds. The topological polar surface area (TPSA) is 0 Å². The molecule has 1 aliphatic rings. The van der Waals surface area contributed by atoms with Crippen LogP contribution in [-0.2, 0) is 0 Å². The summed E-state index contributed by atoms with van der Waals surface area (Å²) in [5.74, 6) is 4.35. The second-order valence-electron chi connectivity index (χ2n) is 2.55. The van der Waals surface area contributed by atoms with Gasteiger partial charge in [-0.15, -0.1) is 0 Å². The van der Waals surface area contributed by atoms with E-state index in [1.54, 1.807) is 0 Å². The maximum absolute atomic E-state index is 11.6. The zero-order valence-electron chi connectivity index (χ0n) is 6.24. The number of rotatable bonds is 0. The molecule has 2 heteroatoms. The lowest BCUT2D eigenvalue weighted by atomic mass is 10.0. The van der Waals surface area contributed by atoms with Gasteiger partial charge < -0.3 is 0 Å². The van der Waals surface area contributed by atoms with Crippen LogP contribution in [0.1, 0.15) is 25.7 Å². The van der Waals surface area contributed by atoms with E-state index >= 15 is 0 Å². The van der Waals surface area contributed by atoms with Crippen LogP contribution in [0.25, 0.3) is 0 Å². The summed E-state index contributed by atoms with van der Waals surface area (Å²) in [6.45, 7) is 0. The average molecular weight is 156 g/mol. The normalized spacial score (nSPS) is 17.2. The van der Waals surface area contributed by atoms with E-state index in [-0.39, 0.29) is 0 Å². The van der Waals surface area contributed by atoms with Gasteiger partial charge in [0, 0.05) is 0 Å². The molecule has 0 spiro atoms. The molecule has 0 atom stereocenters. The highest BCUT2D eigenvalue weighted by molar-refractivity contribution is 5.30. The van der Waals surface area contributed by atoms with Crippen LogP contribution < -0.4 is 0 Å². The Kier molecular flexibility index (Phi) is 3.10. The van der Waals surface area contributed by atoms with Crippen LogP contribution in [0.15, 0.2) is 11.6 Å². The fraction of sp³-hybridized carbons (Fsp3) is 0.556. The molecule has 0 bridgehead atoms. The Morgan fingerprint density at radius 3 is 2.73 bits per heavy atom. The largest absolute Gasteiger partial charge is 0.299 e. The van der Waals surface area contributed by atoms with Crippen LogP contribution in [0, 0.1) is 11.8 Å².